The second-order valence-corrected chi connectivity index (χ2v) is 4.95. The Hall–Kier alpha value is -2.29. The molecule has 0 aromatic heterocycles. The van der Waals surface area contributed by atoms with E-state index in [4.69, 9.17) is 5.73 Å². The van der Waals surface area contributed by atoms with Crippen LogP contribution in [0.4, 0.5) is 5.69 Å². The number of aryl methyl sites for hydroxylation is 1. The van der Waals surface area contributed by atoms with Crippen LogP contribution < -0.4 is 5.73 Å². The Kier molecular flexibility index (Phi) is 4.41. The van der Waals surface area contributed by atoms with Crippen molar-refractivity contribution >= 4 is 11.6 Å². The summed E-state index contributed by atoms with van der Waals surface area (Å²) in [5, 5.41) is 0. The van der Waals surface area contributed by atoms with Gasteiger partial charge in [0, 0.05) is 24.8 Å². The molecule has 0 aliphatic rings. The summed E-state index contributed by atoms with van der Waals surface area (Å²) in [6, 6.07) is 15.4. The molecule has 2 rings (SSSR count). The minimum Gasteiger partial charge on any atom is -0.399 e. The Balaban J connectivity index is 2.04. The first-order chi connectivity index (χ1) is 9.60. The molecule has 0 fully saturated rings. The fourth-order valence-corrected chi connectivity index (χ4v) is 2.07. The van der Waals surface area contributed by atoms with E-state index in [1.54, 1.807) is 29.2 Å². The second kappa shape index (κ2) is 6.24. The predicted molar refractivity (Wildman–Crippen MR) is 82.5 cm³/mol. The first-order valence-electron chi connectivity index (χ1n) is 6.79. The highest BCUT2D eigenvalue weighted by Crippen LogP contribution is 2.11. The summed E-state index contributed by atoms with van der Waals surface area (Å²) in [6.45, 7) is 2.74. The molecule has 0 spiro atoms. The van der Waals surface area contributed by atoms with E-state index in [-0.39, 0.29) is 5.91 Å². The van der Waals surface area contributed by atoms with Crippen molar-refractivity contribution in [2.24, 2.45) is 0 Å². The van der Waals surface area contributed by atoms with Gasteiger partial charge in [-0.3, -0.25) is 4.79 Å². The molecule has 0 aliphatic heterocycles. The van der Waals surface area contributed by atoms with Gasteiger partial charge in [0.05, 0.1) is 0 Å². The van der Waals surface area contributed by atoms with Gasteiger partial charge in [-0.05, 0) is 41.8 Å². The summed E-state index contributed by atoms with van der Waals surface area (Å²) in [7, 11) is 1.81. The number of nitrogen functional groups attached to an aromatic ring is 1. The lowest BCUT2D eigenvalue weighted by Gasteiger charge is -2.17. The molecule has 0 unspecified atom stereocenters. The Morgan fingerprint density at radius 2 is 1.55 bits per heavy atom. The van der Waals surface area contributed by atoms with Crippen LogP contribution in [0.1, 0.15) is 28.4 Å². The Labute approximate surface area is 120 Å². The van der Waals surface area contributed by atoms with Crippen LogP contribution in [-0.2, 0) is 13.0 Å². The Morgan fingerprint density at radius 1 is 1.00 bits per heavy atom. The number of carbonyl (C=O) groups excluding carboxylic acids is 1. The van der Waals surface area contributed by atoms with Gasteiger partial charge in [-0.2, -0.15) is 0 Å². The summed E-state index contributed by atoms with van der Waals surface area (Å²) >= 11 is 0. The van der Waals surface area contributed by atoms with Crippen molar-refractivity contribution in [3.8, 4) is 0 Å². The molecule has 0 saturated heterocycles. The van der Waals surface area contributed by atoms with Crippen LogP contribution in [0.15, 0.2) is 48.5 Å². The normalized spacial score (nSPS) is 10.3. The fourth-order valence-electron chi connectivity index (χ4n) is 2.07. The van der Waals surface area contributed by atoms with Crippen molar-refractivity contribution < 1.29 is 4.79 Å². The lowest BCUT2D eigenvalue weighted by molar-refractivity contribution is 0.0785. The number of hydrogen-bond acceptors (Lipinski definition) is 2. The maximum Gasteiger partial charge on any atom is 0.253 e. The number of anilines is 1. The third-order valence-electron chi connectivity index (χ3n) is 3.36. The summed E-state index contributed by atoms with van der Waals surface area (Å²) in [4.78, 5) is 14.0. The van der Waals surface area contributed by atoms with E-state index in [0.717, 1.165) is 12.0 Å². The van der Waals surface area contributed by atoms with Crippen LogP contribution in [0.25, 0.3) is 0 Å². The first kappa shape index (κ1) is 14.1. The first-order valence-corrected chi connectivity index (χ1v) is 6.79. The number of nitrogens with two attached hydrogens (primary N) is 1. The molecule has 1 amide bonds. The number of hydrogen-bond donors (Lipinski definition) is 1. The van der Waals surface area contributed by atoms with Crippen LogP contribution in [0.3, 0.4) is 0 Å². The molecule has 0 bridgehead atoms. The van der Waals surface area contributed by atoms with Crippen LogP contribution in [0.2, 0.25) is 0 Å². The third kappa shape index (κ3) is 3.38. The maximum atomic E-state index is 12.3. The highest BCUT2D eigenvalue weighted by Gasteiger charge is 2.11. The molecule has 2 aromatic carbocycles. The quantitative estimate of drug-likeness (QED) is 0.866. The fraction of sp³-hybridized carbons (Fsp3) is 0.235. The molecule has 104 valence electrons. The molecular formula is C17H20N2O. The summed E-state index contributed by atoms with van der Waals surface area (Å²) in [6.07, 6.45) is 1.03. The highest BCUT2D eigenvalue weighted by atomic mass is 16.2. The van der Waals surface area contributed by atoms with Gasteiger partial charge in [-0.1, -0.05) is 31.2 Å². The van der Waals surface area contributed by atoms with Gasteiger partial charge in [0.1, 0.15) is 0 Å². The molecule has 0 aliphatic carbocycles. The minimum atomic E-state index is 0.00423. The minimum absolute atomic E-state index is 0.00423. The average molecular weight is 268 g/mol. The van der Waals surface area contributed by atoms with Gasteiger partial charge in [-0.25, -0.2) is 0 Å². The van der Waals surface area contributed by atoms with Gasteiger partial charge < -0.3 is 10.6 Å². The standard InChI is InChI=1S/C17H20N2O/c1-3-13-4-6-14(7-5-13)12-19(2)17(20)15-8-10-16(18)11-9-15/h4-11H,3,12,18H2,1-2H3. The number of rotatable bonds is 4. The number of carbonyl (C=O) groups is 1. The molecule has 2 aromatic rings. The van der Waals surface area contributed by atoms with Crippen LogP contribution in [0.5, 0.6) is 0 Å². The van der Waals surface area contributed by atoms with Gasteiger partial charge in [0.25, 0.3) is 5.91 Å². The molecule has 3 heteroatoms. The van der Waals surface area contributed by atoms with Gasteiger partial charge in [0.2, 0.25) is 0 Å². The number of benzene rings is 2. The van der Waals surface area contributed by atoms with E-state index in [1.165, 1.54) is 5.56 Å². The zero-order chi connectivity index (χ0) is 14.5. The number of amides is 1. The summed E-state index contributed by atoms with van der Waals surface area (Å²) < 4.78 is 0. The van der Waals surface area contributed by atoms with Gasteiger partial charge in [-0.15, -0.1) is 0 Å². The molecule has 0 saturated carbocycles. The monoisotopic (exact) mass is 268 g/mol. The zero-order valence-corrected chi connectivity index (χ0v) is 12.0. The van der Waals surface area contributed by atoms with Crippen molar-refractivity contribution in [3.63, 3.8) is 0 Å². The zero-order valence-electron chi connectivity index (χ0n) is 12.0. The third-order valence-corrected chi connectivity index (χ3v) is 3.36. The molecule has 3 nitrogen and oxygen atoms in total. The van der Waals surface area contributed by atoms with Gasteiger partial charge in [0.15, 0.2) is 0 Å². The van der Waals surface area contributed by atoms with E-state index < -0.39 is 0 Å². The molecule has 0 radical (unpaired) electrons. The van der Waals surface area contributed by atoms with E-state index in [2.05, 4.69) is 31.2 Å². The van der Waals surface area contributed by atoms with E-state index in [9.17, 15) is 4.79 Å². The summed E-state index contributed by atoms with van der Waals surface area (Å²) in [5.41, 5.74) is 9.39. The van der Waals surface area contributed by atoms with Crippen molar-refractivity contribution in [3.05, 3.63) is 65.2 Å². The van der Waals surface area contributed by atoms with E-state index in [0.29, 0.717) is 17.8 Å². The maximum absolute atomic E-state index is 12.3. The molecule has 0 atom stereocenters. The average Bonchev–Trinajstić information content (AvgIpc) is 2.48. The van der Waals surface area contributed by atoms with Crippen molar-refractivity contribution in [1.29, 1.82) is 0 Å². The van der Waals surface area contributed by atoms with Crippen LogP contribution in [-0.4, -0.2) is 17.9 Å². The largest absolute Gasteiger partial charge is 0.399 e. The SMILES string of the molecule is CCc1ccc(CN(C)C(=O)c2ccc(N)cc2)cc1. The van der Waals surface area contributed by atoms with E-state index >= 15 is 0 Å². The van der Waals surface area contributed by atoms with E-state index in [1.807, 2.05) is 7.05 Å². The van der Waals surface area contributed by atoms with Gasteiger partial charge >= 0.3 is 0 Å². The molecule has 20 heavy (non-hydrogen) atoms. The molecule has 2 N–H and O–H groups in total. The Morgan fingerprint density at radius 3 is 2.10 bits per heavy atom. The lowest BCUT2D eigenvalue weighted by atomic mass is 10.1. The summed E-state index contributed by atoms with van der Waals surface area (Å²) in [5.74, 6) is 0.00423. The smallest absolute Gasteiger partial charge is 0.253 e. The van der Waals surface area contributed by atoms with Crippen molar-refractivity contribution in [2.45, 2.75) is 19.9 Å². The highest BCUT2D eigenvalue weighted by molar-refractivity contribution is 5.94. The van der Waals surface area contributed by atoms with Crippen LogP contribution in [0, 0.1) is 0 Å². The lowest BCUT2D eigenvalue weighted by Crippen LogP contribution is -2.26. The Bertz CT molecular complexity index is 573. The van der Waals surface area contributed by atoms with Crippen molar-refractivity contribution in [1.82, 2.24) is 4.90 Å². The topological polar surface area (TPSA) is 46.3 Å². The molecular weight excluding hydrogens is 248 g/mol. The predicted octanol–water partition coefficient (Wildman–Crippen LogP) is 3.10. The van der Waals surface area contributed by atoms with Crippen molar-refractivity contribution in [2.75, 3.05) is 12.8 Å². The second-order valence-electron chi connectivity index (χ2n) is 4.95. The number of nitrogens with zero attached hydrogens (tertiary/aromatic N) is 1. The van der Waals surface area contributed by atoms with Crippen LogP contribution >= 0.6 is 0 Å². The molecule has 0 heterocycles.